The average Bonchev–Trinajstić information content (AvgIpc) is 2.73. The normalized spacial score (nSPS) is 12.0. The number of nitro groups is 1. The first kappa shape index (κ1) is 23.8. The van der Waals surface area contributed by atoms with Gasteiger partial charge in [-0.2, -0.15) is 4.72 Å². The molecule has 12 heteroatoms. The molecule has 0 aliphatic rings. The van der Waals surface area contributed by atoms with Gasteiger partial charge in [-0.1, -0.05) is 6.07 Å². The Morgan fingerprint density at radius 2 is 1.81 bits per heavy atom. The molecule has 0 aliphatic heterocycles. The maximum absolute atomic E-state index is 12.4. The van der Waals surface area contributed by atoms with E-state index in [-0.39, 0.29) is 16.3 Å². The quantitative estimate of drug-likeness (QED) is 0.332. The zero-order chi connectivity index (χ0) is 23.2. The molecule has 2 rings (SSSR count). The lowest BCUT2D eigenvalue weighted by Crippen LogP contribution is -2.40. The average molecular weight is 451 g/mol. The number of ether oxygens (including phenoxy) is 2. The molecule has 0 aromatic heterocycles. The van der Waals surface area contributed by atoms with Crippen molar-refractivity contribution in [3.8, 4) is 5.75 Å². The first-order valence-electron chi connectivity index (χ1n) is 8.91. The highest BCUT2D eigenvalue weighted by atomic mass is 32.2. The maximum atomic E-state index is 12.4. The zero-order valence-electron chi connectivity index (χ0n) is 16.9. The number of rotatable bonds is 9. The lowest BCUT2D eigenvalue weighted by atomic mass is 10.2. The van der Waals surface area contributed by atoms with Gasteiger partial charge in [-0.15, -0.1) is 0 Å². The van der Waals surface area contributed by atoms with Crippen LogP contribution in [0.1, 0.15) is 12.5 Å². The van der Waals surface area contributed by atoms with E-state index in [9.17, 15) is 28.1 Å². The Bertz CT molecular complexity index is 1080. The van der Waals surface area contributed by atoms with Crippen molar-refractivity contribution in [3.05, 3.63) is 58.1 Å². The number of esters is 1. The van der Waals surface area contributed by atoms with Crippen molar-refractivity contribution in [2.45, 2.75) is 24.8 Å². The minimum atomic E-state index is -4.01. The molecule has 0 unspecified atom stereocenters. The fraction of sp³-hybridized carbons (Fsp3) is 0.263. The second-order valence-electron chi connectivity index (χ2n) is 6.43. The molecule has 0 spiro atoms. The molecule has 0 bridgehead atoms. The Kier molecular flexibility index (Phi) is 7.67. The van der Waals surface area contributed by atoms with Gasteiger partial charge >= 0.3 is 5.97 Å². The number of carbonyl (C=O) groups is 2. The van der Waals surface area contributed by atoms with Crippen LogP contribution in [-0.4, -0.2) is 45.0 Å². The Morgan fingerprint density at radius 3 is 2.39 bits per heavy atom. The van der Waals surface area contributed by atoms with Crippen molar-refractivity contribution < 1.29 is 32.4 Å². The summed E-state index contributed by atoms with van der Waals surface area (Å²) >= 11 is 0. The maximum Gasteiger partial charge on any atom is 0.324 e. The molecule has 0 saturated heterocycles. The Labute approximate surface area is 178 Å². The molecule has 2 aromatic rings. The van der Waals surface area contributed by atoms with E-state index in [4.69, 9.17) is 9.47 Å². The van der Waals surface area contributed by atoms with Crippen LogP contribution in [0.5, 0.6) is 5.75 Å². The molecular weight excluding hydrogens is 430 g/mol. The van der Waals surface area contributed by atoms with Crippen LogP contribution in [0.3, 0.4) is 0 Å². The van der Waals surface area contributed by atoms with Crippen LogP contribution in [0.2, 0.25) is 0 Å². The van der Waals surface area contributed by atoms with Crippen molar-refractivity contribution in [1.29, 1.82) is 0 Å². The van der Waals surface area contributed by atoms with Crippen LogP contribution >= 0.6 is 0 Å². The predicted octanol–water partition coefficient (Wildman–Crippen LogP) is 1.76. The molecule has 0 heterocycles. The van der Waals surface area contributed by atoms with E-state index in [1.807, 2.05) is 0 Å². The fourth-order valence-corrected chi connectivity index (χ4v) is 3.60. The number of hydrogen-bond acceptors (Lipinski definition) is 8. The van der Waals surface area contributed by atoms with Gasteiger partial charge in [0.25, 0.3) is 11.6 Å². The van der Waals surface area contributed by atoms with Gasteiger partial charge in [0, 0.05) is 12.1 Å². The molecule has 0 radical (unpaired) electrons. The second kappa shape index (κ2) is 10.00. The molecule has 0 saturated carbocycles. The lowest BCUT2D eigenvalue weighted by molar-refractivity contribution is -0.384. The summed E-state index contributed by atoms with van der Waals surface area (Å²) in [5.74, 6) is -1.23. The first-order valence-corrected chi connectivity index (χ1v) is 10.4. The summed E-state index contributed by atoms with van der Waals surface area (Å²) in [5, 5.41) is 13.3. The van der Waals surface area contributed by atoms with Crippen LogP contribution in [-0.2, 0) is 24.3 Å². The number of methoxy groups -OCH3 is 1. The van der Waals surface area contributed by atoms with Gasteiger partial charge in [-0.05, 0) is 43.7 Å². The van der Waals surface area contributed by atoms with Gasteiger partial charge in [0.15, 0.2) is 6.61 Å². The smallest absolute Gasteiger partial charge is 0.324 e. The molecular formula is C19H21N3O8S. The number of non-ortho nitro benzene ring substituents is 1. The van der Waals surface area contributed by atoms with Crippen molar-refractivity contribution in [1.82, 2.24) is 4.72 Å². The van der Waals surface area contributed by atoms with Crippen LogP contribution in [0, 0.1) is 17.0 Å². The van der Waals surface area contributed by atoms with Crippen molar-refractivity contribution in [2.24, 2.45) is 0 Å². The van der Waals surface area contributed by atoms with Crippen LogP contribution in [0.25, 0.3) is 0 Å². The molecule has 2 N–H and O–H groups in total. The minimum absolute atomic E-state index is 0.0770. The van der Waals surface area contributed by atoms with Crippen LogP contribution in [0.4, 0.5) is 11.4 Å². The van der Waals surface area contributed by atoms with Crippen molar-refractivity contribution in [2.75, 3.05) is 19.0 Å². The number of amides is 1. The number of aryl methyl sites for hydroxylation is 1. The number of hydrogen-bond donors (Lipinski definition) is 2. The number of nitrogens with one attached hydrogen (secondary N) is 2. The molecule has 1 atom stereocenters. The highest BCUT2D eigenvalue weighted by molar-refractivity contribution is 7.89. The number of sulfonamides is 1. The number of carbonyl (C=O) groups excluding carboxylic acids is 2. The van der Waals surface area contributed by atoms with Crippen molar-refractivity contribution in [3.63, 3.8) is 0 Å². The van der Waals surface area contributed by atoms with E-state index in [1.54, 1.807) is 6.92 Å². The monoisotopic (exact) mass is 451 g/mol. The second-order valence-corrected chi connectivity index (χ2v) is 8.14. The molecule has 2 aromatic carbocycles. The van der Waals surface area contributed by atoms with E-state index in [2.05, 4.69) is 10.0 Å². The number of benzene rings is 2. The predicted molar refractivity (Wildman–Crippen MR) is 110 cm³/mol. The van der Waals surface area contributed by atoms with Gasteiger partial charge in [-0.3, -0.25) is 19.7 Å². The molecule has 1 amide bonds. The van der Waals surface area contributed by atoms with Gasteiger partial charge < -0.3 is 14.8 Å². The van der Waals surface area contributed by atoms with E-state index in [0.717, 1.165) is 0 Å². The number of nitrogens with zero attached hydrogens (tertiary/aromatic N) is 1. The zero-order valence-corrected chi connectivity index (χ0v) is 17.8. The molecule has 31 heavy (non-hydrogen) atoms. The van der Waals surface area contributed by atoms with Gasteiger partial charge in [0.2, 0.25) is 10.0 Å². The molecule has 0 aliphatic carbocycles. The Hall–Kier alpha value is -3.51. The van der Waals surface area contributed by atoms with Crippen LogP contribution in [0.15, 0.2) is 47.4 Å². The Balaban J connectivity index is 1.93. The van der Waals surface area contributed by atoms with Gasteiger partial charge in [0.1, 0.15) is 11.8 Å². The van der Waals surface area contributed by atoms with E-state index < -0.39 is 39.5 Å². The van der Waals surface area contributed by atoms with Crippen molar-refractivity contribution >= 4 is 33.3 Å². The van der Waals surface area contributed by atoms with Gasteiger partial charge in [0.05, 0.1) is 22.6 Å². The van der Waals surface area contributed by atoms with Gasteiger partial charge in [-0.25, -0.2) is 8.42 Å². The highest BCUT2D eigenvalue weighted by Crippen LogP contribution is 2.21. The minimum Gasteiger partial charge on any atom is -0.497 e. The summed E-state index contributed by atoms with van der Waals surface area (Å²) in [6, 6.07) is 8.22. The number of nitro benzene ring substituents is 1. The Morgan fingerprint density at radius 1 is 1.16 bits per heavy atom. The topological polar surface area (TPSA) is 154 Å². The molecule has 11 nitrogen and oxygen atoms in total. The standard InChI is InChI=1S/C19H21N3O8S/c1-12-4-5-14(22(25)26)10-17(12)20-18(23)11-30-19(24)13(2)21-31(27,28)16-8-6-15(29-3)7-9-16/h4-10,13,21H,11H2,1-3H3,(H,20,23)/t13-/m0/s1. The molecule has 0 fully saturated rings. The largest absolute Gasteiger partial charge is 0.497 e. The van der Waals surface area contributed by atoms with E-state index >= 15 is 0 Å². The SMILES string of the molecule is COc1ccc(S(=O)(=O)N[C@@H](C)C(=O)OCC(=O)Nc2cc([N+](=O)[O-])ccc2C)cc1. The number of anilines is 1. The third-order valence-corrected chi connectivity index (χ3v) is 5.66. The van der Waals surface area contributed by atoms with Crippen LogP contribution < -0.4 is 14.8 Å². The van der Waals surface area contributed by atoms with E-state index in [1.165, 1.54) is 56.5 Å². The highest BCUT2D eigenvalue weighted by Gasteiger charge is 2.24. The summed E-state index contributed by atoms with van der Waals surface area (Å²) in [6.07, 6.45) is 0. The summed E-state index contributed by atoms with van der Waals surface area (Å²) in [7, 11) is -2.57. The third-order valence-electron chi connectivity index (χ3n) is 4.11. The third kappa shape index (κ3) is 6.49. The first-order chi connectivity index (χ1) is 14.5. The van der Waals surface area contributed by atoms with E-state index in [0.29, 0.717) is 11.3 Å². The summed E-state index contributed by atoms with van der Waals surface area (Å²) in [6.45, 7) is 2.21. The summed E-state index contributed by atoms with van der Waals surface area (Å²) in [5.41, 5.74) is 0.564. The molecule has 166 valence electrons. The summed E-state index contributed by atoms with van der Waals surface area (Å²) < 4.78 is 36.7. The fourth-order valence-electron chi connectivity index (χ4n) is 2.41. The summed E-state index contributed by atoms with van der Waals surface area (Å²) in [4.78, 5) is 34.3. The lowest BCUT2D eigenvalue weighted by Gasteiger charge is -2.14.